The normalized spacial score (nSPS) is 11.6. The summed E-state index contributed by atoms with van der Waals surface area (Å²) in [5, 5.41) is 0. The van der Waals surface area contributed by atoms with E-state index in [0.717, 1.165) is 15.6 Å². The van der Waals surface area contributed by atoms with Gasteiger partial charge in [0.1, 0.15) is 0 Å². The van der Waals surface area contributed by atoms with Gasteiger partial charge in [-0.3, -0.25) is 0 Å². The van der Waals surface area contributed by atoms with Gasteiger partial charge in [-0.15, -0.1) is 0 Å². The highest BCUT2D eigenvalue weighted by Crippen LogP contribution is 2.19. The zero-order valence-electron chi connectivity index (χ0n) is 6.92. The van der Waals surface area contributed by atoms with Gasteiger partial charge in [0.2, 0.25) is 9.05 Å². The fourth-order valence-electron chi connectivity index (χ4n) is 0.981. The molecule has 0 amide bonds. The van der Waals surface area contributed by atoms with Crippen molar-refractivity contribution in [3.8, 4) is 0 Å². The van der Waals surface area contributed by atoms with Crippen molar-refractivity contribution in [2.45, 2.75) is 12.7 Å². The molecule has 0 radical (unpaired) electrons. The molecule has 0 aliphatic heterocycles. The largest absolute Gasteiger partial charge is 0.236 e. The highest BCUT2D eigenvalue weighted by Gasteiger charge is 2.09. The molecule has 0 aliphatic rings. The third kappa shape index (κ3) is 3.67. The molecular weight excluding hydrogens is 276 g/mol. The van der Waals surface area contributed by atoms with E-state index in [-0.39, 0.29) is 5.75 Å². The number of benzene rings is 1. The Hall–Kier alpha value is -0.0600. The third-order valence-electron chi connectivity index (χ3n) is 1.64. The lowest BCUT2D eigenvalue weighted by Crippen LogP contribution is -1.97. The van der Waals surface area contributed by atoms with Gasteiger partial charge in [-0.05, 0) is 30.2 Å². The fraction of sp³-hybridized carbons (Fsp3) is 0.250. The molecule has 0 heterocycles. The van der Waals surface area contributed by atoms with Crippen LogP contribution in [-0.4, -0.2) is 8.42 Å². The van der Waals surface area contributed by atoms with Crippen molar-refractivity contribution >= 4 is 35.7 Å². The quantitative estimate of drug-likeness (QED) is 0.782. The zero-order chi connectivity index (χ0) is 10.1. The van der Waals surface area contributed by atoms with E-state index in [0.29, 0.717) is 0 Å². The molecule has 13 heavy (non-hydrogen) atoms. The molecule has 0 aliphatic carbocycles. The van der Waals surface area contributed by atoms with E-state index in [1.165, 1.54) is 0 Å². The molecule has 72 valence electrons. The summed E-state index contributed by atoms with van der Waals surface area (Å²) in [6, 6.07) is 5.47. The summed E-state index contributed by atoms with van der Waals surface area (Å²) in [4.78, 5) is 0. The van der Waals surface area contributed by atoms with Gasteiger partial charge in [-0.25, -0.2) is 8.42 Å². The van der Waals surface area contributed by atoms with Crippen molar-refractivity contribution in [3.63, 3.8) is 0 Å². The van der Waals surface area contributed by atoms with Crippen LogP contribution in [0.25, 0.3) is 0 Å². The van der Waals surface area contributed by atoms with Crippen molar-refractivity contribution in [2.24, 2.45) is 0 Å². The van der Waals surface area contributed by atoms with Crippen LogP contribution in [0.1, 0.15) is 11.1 Å². The van der Waals surface area contributed by atoms with Crippen molar-refractivity contribution in [1.29, 1.82) is 0 Å². The van der Waals surface area contributed by atoms with Gasteiger partial charge in [-0.2, -0.15) is 0 Å². The molecule has 0 saturated carbocycles. The molecule has 1 rings (SSSR count). The van der Waals surface area contributed by atoms with Crippen molar-refractivity contribution < 1.29 is 8.42 Å². The zero-order valence-corrected chi connectivity index (χ0v) is 10.1. The first-order valence-electron chi connectivity index (χ1n) is 3.56. The Kier molecular flexibility index (Phi) is 3.38. The van der Waals surface area contributed by atoms with Crippen LogP contribution >= 0.6 is 26.6 Å². The van der Waals surface area contributed by atoms with E-state index in [2.05, 4.69) is 15.9 Å². The first kappa shape index (κ1) is 11.0. The molecule has 0 spiro atoms. The molecule has 0 bridgehead atoms. The summed E-state index contributed by atoms with van der Waals surface area (Å²) in [7, 11) is 1.68. The first-order chi connectivity index (χ1) is 5.88. The van der Waals surface area contributed by atoms with E-state index in [4.69, 9.17) is 10.7 Å². The lowest BCUT2D eigenvalue weighted by atomic mass is 10.1. The Labute approximate surface area is 90.5 Å². The van der Waals surface area contributed by atoms with Gasteiger partial charge in [0.05, 0.1) is 5.75 Å². The maximum Gasteiger partial charge on any atom is 0.236 e. The van der Waals surface area contributed by atoms with Crippen LogP contribution in [0.2, 0.25) is 0 Å². The highest BCUT2D eigenvalue weighted by atomic mass is 79.9. The Morgan fingerprint density at radius 3 is 2.62 bits per heavy atom. The van der Waals surface area contributed by atoms with Gasteiger partial charge in [0, 0.05) is 15.2 Å². The Balaban J connectivity index is 3.08. The summed E-state index contributed by atoms with van der Waals surface area (Å²) < 4.78 is 22.5. The van der Waals surface area contributed by atoms with Crippen molar-refractivity contribution in [3.05, 3.63) is 33.8 Å². The van der Waals surface area contributed by atoms with Crippen LogP contribution in [0.5, 0.6) is 0 Å². The minimum absolute atomic E-state index is 0.125. The smallest absolute Gasteiger partial charge is 0.212 e. The first-order valence-corrected chi connectivity index (χ1v) is 6.83. The molecule has 0 atom stereocenters. The molecule has 1 aromatic carbocycles. The number of aryl methyl sites for hydroxylation is 1. The minimum Gasteiger partial charge on any atom is -0.212 e. The van der Waals surface area contributed by atoms with E-state index < -0.39 is 9.05 Å². The maximum atomic E-state index is 10.8. The van der Waals surface area contributed by atoms with Crippen LogP contribution in [0.4, 0.5) is 0 Å². The second-order valence-corrected chi connectivity index (χ2v) is 6.45. The summed E-state index contributed by atoms with van der Waals surface area (Å²) in [5.74, 6) is -0.125. The van der Waals surface area contributed by atoms with Gasteiger partial charge in [-0.1, -0.05) is 22.0 Å². The van der Waals surface area contributed by atoms with Gasteiger partial charge in [0.25, 0.3) is 0 Å². The van der Waals surface area contributed by atoms with E-state index in [9.17, 15) is 8.42 Å². The second kappa shape index (κ2) is 3.98. The average Bonchev–Trinajstić information content (AvgIpc) is 1.94. The lowest BCUT2D eigenvalue weighted by Gasteiger charge is -2.03. The summed E-state index contributed by atoms with van der Waals surface area (Å²) in [6.07, 6.45) is 0. The molecule has 2 nitrogen and oxygen atoms in total. The molecule has 5 heteroatoms. The molecule has 0 saturated heterocycles. The second-order valence-electron chi connectivity index (χ2n) is 2.75. The van der Waals surface area contributed by atoms with Crippen molar-refractivity contribution in [1.82, 2.24) is 0 Å². The van der Waals surface area contributed by atoms with Crippen LogP contribution in [0.3, 0.4) is 0 Å². The van der Waals surface area contributed by atoms with E-state index >= 15 is 0 Å². The number of halogens is 2. The van der Waals surface area contributed by atoms with Crippen LogP contribution < -0.4 is 0 Å². The Bertz CT molecular complexity index is 414. The maximum absolute atomic E-state index is 10.8. The Morgan fingerprint density at radius 2 is 2.08 bits per heavy atom. The van der Waals surface area contributed by atoms with Crippen LogP contribution in [0.15, 0.2) is 22.7 Å². The monoisotopic (exact) mass is 282 g/mol. The predicted octanol–water partition coefficient (Wildman–Crippen LogP) is 2.83. The standard InChI is InChI=1S/C8H8BrClO2S/c1-6-2-3-8(9)4-7(6)5-13(10,11)12/h2-4H,5H2,1H3. The van der Waals surface area contributed by atoms with Crippen LogP contribution in [-0.2, 0) is 14.8 Å². The molecule has 1 aromatic rings. The van der Waals surface area contributed by atoms with E-state index in [1.54, 1.807) is 6.07 Å². The molecule has 0 fully saturated rings. The van der Waals surface area contributed by atoms with E-state index in [1.807, 2.05) is 19.1 Å². The number of rotatable bonds is 2. The summed E-state index contributed by atoms with van der Waals surface area (Å²) >= 11 is 3.27. The topological polar surface area (TPSA) is 34.1 Å². The third-order valence-corrected chi connectivity index (χ3v) is 3.12. The molecule has 0 unspecified atom stereocenters. The average molecular weight is 284 g/mol. The molecule has 0 aromatic heterocycles. The lowest BCUT2D eigenvalue weighted by molar-refractivity contribution is 0.608. The van der Waals surface area contributed by atoms with Gasteiger partial charge >= 0.3 is 0 Å². The minimum atomic E-state index is -3.47. The summed E-state index contributed by atoms with van der Waals surface area (Å²) in [6.45, 7) is 1.85. The predicted molar refractivity (Wildman–Crippen MR) is 57.4 cm³/mol. The highest BCUT2D eigenvalue weighted by molar-refractivity contribution is 9.10. The number of hydrogen-bond donors (Lipinski definition) is 0. The van der Waals surface area contributed by atoms with Crippen molar-refractivity contribution in [2.75, 3.05) is 0 Å². The summed E-state index contributed by atoms with van der Waals surface area (Å²) in [5.41, 5.74) is 1.65. The fourth-order valence-corrected chi connectivity index (χ4v) is 2.42. The SMILES string of the molecule is Cc1ccc(Br)cc1CS(=O)(=O)Cl. The van der Waals surface area contributed by atoms with Gasteiger partial charge in [0.15, 0.2) is 0 Å². The Morgan fingerprint density at radius 1 is 1.46 bits per heavy atom. The molecule has 0 N–H and O–H groups in total. The number of hydrogen-bond acceptors (Lipinski definition) is 2. The van der Waals surface area contributed by atoms with Gasteiger partial charge < -0.3 is 0 Å². The molecular formula is C8H8BrClO2S. The van der Waals surface area contributed by atoms with Crippen LogP contribution in [0, 0.1) is 6.92 Å².